The lowest BCUT2D eigenvalue weighted by Gasteiger charge is -2.32. The molecule has 3 rings (SSSR count). The number of nitrogens with one attached hydrogen (secondary N) is 2. The largest absolute Gasteiger partial charge is 0.325 e. The molecule has 0 saturated heterocycles. The van der Waals surface area contributed by atoms with Gasteiger partial charge < -0.3 is 11.1 Å². The second-order valence-corrected chi connectivity index (χ2v) is 5.78. The van der Waals surface area contributed by atoms with Gasteiger partial charge in [-0.05, 0) is 25.0 Å². The first-order valence-electron chi connectivity index (χ1n) is 7.17. The number of hydrogen-bond donors (Lipinski definition) is 3. The predicted molar refractivity (Wildman–Crippen MR) is 79.3 cm³/mol. The molecule has 1 fully saturated rings. The van der Waals surface area contributed by atoms with Crippen LogP contribution in [0.15, 0.2) is 24.4 Å². The number of benzene rings is 1. The molecule has 1 saturated carbocycles. The molecule has 5 nitrogen and oxygen atoms in total. The minimum Gasteiger partial charge on any atom is -0.325 e. The van der Waals surface area contributed by atoms with Crippen molar-refractivity contribution in [3.63, 3.8) is 0 Å². The summed E-state index contributed by atoms with van der Waals surface area (Å²) < 4.78 is 0. The van der Waals surface area contributed by atoms with Gasteiger partial charge in [-0.15, -0.1) is 0 Å². The normalized spacial score (nSPS) is 18.1. The van der Waals surface area contributed by atoms with Crippen LogP contribution in [0.4, 0.5) is 5.69 Å². The van der Waals surface area contributed by atoms with Crippen LogP contribution in [0.25, 0.3) is 10.9 Å². The summed E-state index contributed by atoms with van der Waals surface area (Å²) in [6.07, 6.45) is 7.48. The fourth-order valence-corrected chi connectivity index (χ4v) is 3.02. The first kappa shape index (κ1) is 13.1. The van der Waals surface area contributed by atoms with Crippen molar-refractivity contribution in [3.05, 3.63) is 24.4 Å². The number of nitrogens with two attached hydrogens (primary N) is 1. The minimum atomic E-state index is -0.327. The van der Waals surface area contributed by atoms with Gasteiger partial charge in [0.25, 0.3) is 0 Å². The van der Waals surface area contributed by atoms with Crippen LogP contribution in [0, 0.1) is 0 Å². The molecule has 1 aliphatic rings. The number of aromatic nitrogens is 2. The monoisotopic (exact) mass is 272 g/mol. The highest BCUT2D eigenvalue weighted by atomic mass is 16.1. The van der Waals surface area contributed by atoms with Crippen LogP contribution in [-0.2, 0) is 4.79 Å². The van der Waals surface area contributed by atoms with Crippen LogP contribution in [0.1, 0.15) is 38.5 Å². The molecular formula is C15H20N4O. The molecule has 0 bridgehead atoms. The summed E-state index contributed by atoms with van der Waals surface area (Å²) >= 11 is 0. The zero-order chi connectivity index (χ0) is 14.0. The maximum Gasteiger partial charge on any atom is 0.226 e. The first-order valence-corrected chi connectivity index (χ1v) is 7.17. The Labute approximate surface area is 117 Å². The third-order valence-corrected chi connectivity index (χ3v) is 4.12. The number of rotatable bonds is 3. The molecule has 20 heavy (non-hydrogen) atoms. The van der Waals surface area contributed by atoms with Crippen molar-refractivity contribution in [2.24, 2.45) is 5.73 Å². The van der Waals surface area contributed by atoms with Crippen LogP contribution in [-0.4, -0.2) is 21.6 Å². The van der Waals surface area contributed by atoms with Gasteiger partial charge in [0.15, 0.2) is 0 Å². The Hall–Kier alpha value is -1.88. The molecule has 1 aromatic heterocycles. The Kier molecular flexibility index (Phi) is 3.44. The molecule has 1 heterocycles. The zero-order valence-corrected chi connectivity index (χ0v) is 11.5. The number of carbonyl (C=O) groups is 1. The van der Waals surface area contributed by atoms with E-state index in [0.717, 1.165) is 42.3 Å². The summed E-state index contributed by atoms with van der Waals surface area (Å²) in [4.78, 5) is 12.2. The Balaban J connectivity index is 1.71. The smallest absolute Gasteiger partial charge is 0.226 e. The third-order valence-electron chi connectivity index (χ3n) is 4.12. The molecule has 1 aromatic carbocycles. The average molecular weight is 272 g/mol. The van der Waals surface area contributed by atoms with Crippen LogP contribution in [0.2, 0.25) is 0 Å². The van der Waals surface area contributed by atoms with Gasteiger partial charge in [0.1, 0.15) is 0 Å². The molecule has 0 unspecified atom stereocenters. The van der Waals surface area contributed by atoms with E-state index in [4.69, 9.17) is 5.73 Å². The van der Waals surface area contributed by atoms with Gasteiger partial charge in [-0.25, -0.2) is 0 Å². The summed E-state index contributed by atoms with van der Waals surface area (Å²) in [6.45, 7) is 0. The van der Waals surface area contributed by atoms with Crippen molar-refractivity contribution in [2.45, 2.75) is 44.1 Å². The van der Waals surface area contributed by atoms with E-state index in [0.29, 0.717) is 6.42 Å². The molecule has 4 N–H and O–H groups in total. The molecule has 0 spiro atoms. The van der Waals surface area contributed by atoms with Crippen molar-refractivity contribution in [1.82, 2.24) is 10.2 Å². The van der Waals surface area contributed by atoms with Gasteiger partial charge >= 0.3 is 0 Å². The first-order chi connectivity index (χ1) is 9.66. The SMILES string of the molecule is NC1(CC(=O)Nc2cccc3[nH]ncc23)CCCCC1. The van der Waals surface area contributed by atoms with Crippen LogP contribution in [0.3, 0.4) is 0 Å². The zero-order valence-electron chi connectivity index (χ0n) is 11.5. The molecule has 0 radical (unpaired) electrons. The number of hydrogen-bond acceptors (Lipinski definition) is 3. The number of carbonyl (C=O) groups excluding carboxylic acids is 1. The number of H-pyrrole nitrogens is 1. The quantitative estimate of drug-likeness (QED) is 0.802. The summed E-state index contributed by atoms with van der Waals surface area (Å²) in [5.74, 6) is -0.0110. The summed E-state index contributed by atoms with van der Waals surface area (Å²) in [6, 6.07) is 5.72. The van der Waals surface area contributed by atoms with E-state index in [1.165, 1.54) is 6.42 Å². The van der Waals surface area contributed by atoms with Crippen molar-refractivity contribution < 1.29 is 4.79 Å². The van der Waals surface area contributed by atoms with Gasteiger partial charge in [0, 0.05) is 17.3 Å². The average Bonchev–Trinajstić information content (AvgIpc) is 2.88. The summed E-state index contributed by atoms with van der Waals surface area (Å²) in [5.41, 5.74) is 7.71. The van der Waals surface area contributed by atoms with Crippen molar-refractivity contribution in [2.75, 3.05) is 5.32 Å². The number of amides is 1. The molecule has 0 atom stereocenters. The molecule has 1 aliphatic carbocycles. The van der Waals surface area contributed by atoms with E-state index < -0.39 is 0 Å². The van der Waals surface area contributed by atoms with Crippen molar-refractivity contribution in [1.29, 1.82) is 0 Å². The van der Waals surface area contributed by atoms with Gasteiger partial charge in [0.05, 0.1) is 17.4 Å². The Morgan fingerprint density at radius 3 is 2.95 bits per heavy atom. The Bertz CT molecular complexity index is 613. The maximum absolute atomic E-state index is 12.2. The van der Waals surface area contributed by atoms with Crippen LogP contribution in [0.5, 0.6) is 0 Å². The maximum atomic E-state index is 12.2. The molecular weight excluding hydrogens is 252 g/mol. The van der Waals surface area contributed by atoms with E-state index in [1.807, 2.05) is 18.2 Å². The lowest BCUT2D eigenvalue weighted by molar-refractivity contribution is -0.117. The number of anilines is 1. The van der Waals surface area contributed by atoms with E-state index in [2.05, 4.69) is 15.5 Å². The molecule has 0 aliphatic heterocycles. The van der Waals surface area contributed by atoms with Gasteiger partial charge in [-0.3, -0.25) is 9.89 Å². The van der Waals surface area contributed by atoms with Crippen LogP contribution < -0.4 is 11.1 Å². The van der Waals surface area contributed by atoms with Gasteiger partial charge in [-0.1, -0.05) is 25.3 Å². The fraction of sp³-hybridized carbons (Fsp3) is 0.467. The van der Waals surface area contributed by atoms with Crippen LogP contribution >= 0.6 is 0 Å². The minimum absolute atomic E-state index is 0.0110. The predicted octanol–water partition coefficient (Wildman–Crippen LogP) is 2.55. The van der Waals surface area contributed by atoms with Gasteiger partial charge in [-0.2, -0.15) is 5.10 Å². The fourth-order valence-electron chi connectivity index (χ4n) is 3.02. The summed E-state index contributed by atoms with van der Waals surface area (Å²) in [5, 5.41) is 10.8. The van der Waals surface area contributed by atoms with Crippen molar-refractivity contribution >= 4 is 22.5 Å². The Morgan fingerprint density at radius 1 is 1.35 bits per heavy atom. The highest BCUT2D eigenvalue weighted by molar-refractivity contribution is 6.01. The number of fused-ring (bicyclic) bond motifs is 1. The lowest BCUT2D eigenvalue weighted by Crippen LogP contribution is -2.44. The van der Waals surface area contributed by atoms with E-state index >= 15 is 0 Å². The van der Waals surface area contributed by atoms with Crippen molar-refractivity contribution in [3.8, 4) is 0 Å². The van der Waals surface area contributed by atoms with E-state index in [9.17, 15) is 4.79 Å². The molecule has 106 valence electrons. The summed E-state index contributed by atoms with van der Waals surface area (Å²) in [7, 11) is 0. The highest BCUT2D eigenvalue weighted by Gasteiger charge is 2.30. The molecule has 5 heteroatoms. The molecule has 2 aromatic rings. The highest BCUT2D eigenvalue weighted by Crippen LogP contribution is 2.29. The lowest BCUT2D eigenvalue weighted by atomic mass is 9.80. The molecule has 1 amide bonds. The standard InChI is InChI=1S/C15H20N4O/c16-15(7-2-1-3-8-15)9-14(20)18-12-5-4-6-13-11(12)10-17-19-13/h4-6,10H,1-3,7-9,16H2,(H,17,19)(H,18,20). The van der Waals surface area contributed by atoms with Gasteiger partial charge in [0.2, 0.25) is 5.91 Å². The second kappa shape index (κ2) is 5.25. The number of aromatic amines is 1. The van der Waals surface area contributed by atoms with E-state index in [1.54, 1.807) is 6.20 Å². The second-order valence-electron chi connectivity index (χ2n) is 5.78. The van der Waals surface area contributed by atoms with E-state index in [-0.39, 0.29) is 11.4 Å². The third kappa shape index (κ3) is 2.67. The topological polar surface area (TPSA) is 83.8 Å². The Morgan fingerprint density at radius 2 is 2.15 bits per heavy atom. The number of nitrogens with zero attached hydrogens (tertiary/aromatic N) is 1.